The minimum absolute atomic E-state index is 0.366. The Morgan fingerprint density at radius 1 is 1.00 bits per heavy atom. The monoisotopic (exact) mass is 242 g/mol. The molecule has 84 valence electrons. The average Bonchev–Trinajstić information content (AvgIpc) is 2.38. The fourth-order valence-electron chi connectivity index (χ4n) is 1.55. The smallest absolute Gasteiger partial charge is 0.140 e. The Bertz CT molecular complexity index is 514. The number of hydrogen-bond donors (Lipinski definition) is 1. The van der Waals surface area contributed by atoms with E-state index in [4.69, 9.17) is 16.9 Å². The van der Waals surface area contributed by atoms with E-state index in [1.165, 1.54) is 0 Å². The summed E-state index contributed by atoms with van der Waals surface area (Å²) in [5.74, 6) is 0. The molecule has 0 unspecified atom stereocenters. The van der Waals surface area contributed by atoms with E-state index in [1.54, 1.807) is 12.1 Å². The third-order valence-electron chi connectivity index (χ3n) is 2.42. The first kappa shape index (κ1) is 11.5. The second-order valence-corrected chi connectivity index (χ2v) is 4.06. The van der Waals surface area contributed by atoms with Crippen molar-refractivity contribution in [3.05, 3.63) is 65.2 Å². The molecule has 2 aromatic rings. The molecule has 0 aliphatic carbocycles. The van der Waals surface area contributed by atoms with E-state index >= 15 is 0 Å². The summed E-state index contributed by atoms with van der Waals surface area (Å²) in [5.41, 5.74) is 1.83. The van der Waals surface area contributed by atoms with Crippen molar-refractivity contribution in [2.45, 2.75) is 6.04 Å². The summed E-state index contributed by atoms with van der Waals surface area (Å²) in [5, 5.41) is 13.0. The minimum Gasteiger partial charge on any atom is -0.366 e. The zero-order chi connectivity index (χ0) is 12.1. The van der Waals surface area contributed by atoms with Crippen molar-refractivity contribution in [3.63, 3.8) is 0 Å². The van der Waals surface area contributed by atoms with E-state index in [0.717, 1.165) is 11.3 Å². The molecule has 0 amide bonds. The van der Waals surface area contributed by atoms with Crippen LogP contribution in [0.1, 0.15) is 11.6 Å². The van der Waals surface area contributed by atoms with Gasteiger partial charge in [0.1, 0.15) is 6.04 Å². The normalized spacial score (nSPS) is 11.5. The van der Waals surface area contributed by atoms with E-state index in [2.05, 4.69) is 11.4 Å². The molecule has 2 nitrogen and oxygen atoms in total. The van der Waals surface area contributed by atoms with E-state index < -0.39 is 0 Å². The van der Waals surface area contributed by atoms with Crippen LogP contribution in [0.15, 0.2) is 54.6 Å². The first-order valence-electron chi connectivity index (χ1n) is 5.26. The number of nitrogens with zero attached hydrogens (tertiary/aromatic N) is 1. The van der Waals surface area contributed by atoms with Crippen molar-refractivity contribution in [2.75, 3.05) is 5.32 Å². The third kappa shape index (κ3) is 2.99. The lowest BCUT2D eigenvalue weighted by Crippen LogP contribution is -2.07. The number of para-hydroxylation sites is 1. The Morgan fingerprint density at radius 2 is 1.65 bits per heavy atom. The number of halogens is 1. The van der Waals surface area contributed by atoms with Crippen molar-refractivity contribution in [3.8, 4) is 6.07 Å². The fourth-order valence-corrected chi connectivity index (χ4v) is 1.67. The van der Waals surface area contributed by atoms with Gasteiger partial charge in [-0.2, -0.15) is 5.26 Å². The first-order chi connectivity index (χ1) is 8.29. The maximum absolute atomic E-state index is 9.16. The zero-order valence-electron chi connectivity index (χ0n) is 9.10. The average molecular weight is 243 g/mol. The van der Waals surface area contributed by atoms with Gasteiger partial charge in [0.25, 0.3) is 0 Å². The summed E-state index contributed by atoms with van der Waals surface area (Å²) in [6.07, 6.45) is 0. The maximum Gasteiger partial charge on any atom is 0.140 e. The zero-order valence-corrected chi connectivity index (χ0v) is 9.85. The number of anilines is 1. The molecule has 0 spiro atoms. The predicted octanol–water partition coefficient (Wildman–Crippen LogP) is 4.02. The van der Waals surface area contributed by atoms with Crippen molar-refractivity contribution in [1.29, 1.82) is 5.26 Å². The molecule has 0 aromatic heterocycles. The van der Waals surface area contributed by atoms with Crippen molar-refractivity contribution < 1.29 is 0 Å². The Morgan fingerprint density at radius 3 is 2.24 bits per heavy atom. The standard InChI is InChI=1S/C14H11ClN2/c15-12-8-6-11(7-9-12)14(10-16)17-13-4-2-1-3-5-13/h1-9,14,17H/t14-/m0/s1. The topological polar surface area (TPSA) is 35.8 Å². The third-order valence-corrected chi connectivity index (χ3v) is 2.67. The first-order valence-corrected chi connectivity index (χ1v) is 5.64. The van der Waals surface area contributed by atoms with Crippen LogP contribution < -0.4 is 5.32 Å². The van der Waals surface area contributed by atoms with Crippen LogP contribution in [0.3, 0.4) is 0 Å². The Kier molecular flexibility index (Phi) is 3.64. The minimum atomic E-state index is -0.366. The number of nitrogens with one attached hydrogen (secondary N) is 1. The molecule has 0 radical (unpaired) electrons. The van der Waals surface area contributed by atoms with Gasteiger partial charge in [-0.3, -0.25) is 0 Å². The quantitative estimate of drug-likeness (QED) is 0.883. The molecule has 1 N–H and O–H groups in total. The molecular weight excluding hydrogens is 232 g/mol. The molecule has 0 bridgehead atoms. The lowest BCUT2D eigenvalue weighted by atomic mass is 10.1. The number of benzene rings is 2. The highest BCUT2D eigenvalue weighted by molar-refractivity contribution is 6.30. The molecule has 0 aliphatic rings. The van der Waals surface area contributed by atoms with E-state index in [0.29, 0.717) is 5.02 Å². The molecule has 0 heterocycles. The SMILES string of the molecule is N#C[C@H](Nc1ccccc1)c1ccc(Cl)cc1. The van der Waals surface area contributed by atoms with Crippen LogP contribution in [0.5, 0.6) is 0 Å². The summed E-state index contributed by atoms with van der Waals surface area (Å²) in [6, 6.07) is 18.8. The van der Waals surface area contributed by atoms with Crippen molar-refractivity contribution in [2.24, 2.45) is 0 Å². The molecule has 1 atom stereocenters. The maximum atomic E-state index is 9.16. The van der Waals surface area contributed by atoms with Crippen LogP contribution in [-0.4, -0.2) is 0 Å². The molecule has 2 rings (SSSR count). The van der Waals surface area contributed by atoms with Gasteiger partial charge in [-0.15, -0.1) is 0 Å². The highest BCUT2D eigenvalue weighted by atomic mass is 35.5. The van der Waals surface area contributed by atoms with Crippen LogP contribution in [0, 0.1) is 11.3 Å². The van der Waals surface area contributed by atoms with Gasteiger partial charge in [0.05, 0.1) is 6.07 Å². The van der Waals surface area contributed by atoms with Crippen molar-refractivity contribution >= 4 is 17.3 Å². The lowest BCUT2D eigenvalue weighted by Gasteiger charge is -2.13. The van der Waals surface area contributed by atoms with Crippen LogP contribution in [-0.2, 0) is 0 Å². The van der Waals surface area contributed by atoms with Crippen LogP contribution in [0.2, 0.25) is 5.02 Å². The molecule has 0 saturated heterocycles. The summed E-state index contributed by atoms with van der Waals surface area (Å²) in [7, 11) is 0. The number of rotatable bonds is 3. The fraction of sp³-hybridized carbons (Fsp3) is 0.0714. The molecule has 3 heteroatoms. The Balaban J connectivity index is 2.18. The summed E-state index contributed by atoms with van der Waals surface area (Å²) >= 11 is 5.82. The van der Waals surface area contributed by atoms with Crippen LogP contribution >= 0.6 is 11.6 Å². The molecule has 0 aliphatic heterocycles. The van der Waals surface area contributed by atoms with Gasteiger partial charge in [-0.25, -0.2) is 0 Å². The van der Waals surface area contributed by atoms with Gasteiger partial charge < -0.3 is 5.32 Å². The lowest BCUT2D eigenvalue weighted by molar-refractivity contribution is 0.998. The molecule has 0 fully saturated rings. The highest BCUT2D eigenvalue weighted by Crippen LogP contribution is 2.20. The van der Waals surface area contributed by atoms with Gasteiger partial charge in [-0.1, -0.05) is 41.9 Å². The van der Waals surface area contributed by atoms with Gasteiger partial charge >= 0.3 is 0 Å². The Hall–Kier alpha value is -1.98. The van der Waals surface area contributed by atoms with E-state index in [1.807, 2.05) is 42.5 Å². The number of nitriles is 1. The van der Waals surface area contributed by atoms with E-state index in [9.17, 15) is 0 Å². The van der Waals surface area contributed by atoms with Crippen LogP contribution in [0.25, 0.3) is 0 Å². The van der Waals surface area contributed by atoms with Gasteiger partial charge in [0, 0.05) is 10.7 Å². The van der Waals surface area contributed by atoms with Gasteiger partial charge in [0.15, 0.2) is 0 Å². The molecular formula is C14H11ClN2. The van der Waals surface area contributed by atoms with Crippen LogP contribution in [0.4, 0.5) is 5.69 Å². The highest BCUT2D eigenvalue weighted by Gasteiger charge is 2.09. The summed E-state index contributed by atoms with van der Waals surface area (Å²) in [4.78, 5) is 0. The second kappa shape index (κ2) is 5.38. The number of hydrogen-bond acceptors (Lipinski definition) is 2. The van der Waals surface area contributed by atoms with E-state index in [-0.39, 0.29) is 6.04 Å². The van der Waals surface area contributed by atoms with Crippen molar-refractivity contribution in [1.82, 2.24) is 0 Å². The van der Waals surface area contributed by atoms with Gasteiger partial charge in [0.2, 0.25) is 0 Å². The molecule has 2 aromatic carbocycles. The Labute approximate surface area is 105 Å². The molecule has 0 saturated carbocycles. The predicted molar refractivity (Wildman–Crippen MR) is 69.9 cm³/mol. The molecule has 17 heavy (non-hydrogen) atoms. The summed E-state index contributed by atoms with van der Waals surface area (Å²) < 4.78 is 0. The second-order valence-electron chi connectivity index (χ2n) is 3.62. The van der Waals surface area contributed by atoms with Gasteiger partial charge in [-0.05, 0) is 29.8 Å². The summed E-state index contributed by atoms with van der Waals surface area (Å²) in [6.45, 7) is 0. The largest absolute Gasteiger partial charge is 0.366 e.